The fraction of sp³-hybridized carbons (Fsp3) is 0.176. The number of hydrogen-bond donors (Lipinski definition) is 0. The summed E-state index contributed by atoms with van der Waals surface area (Å²) >= 11 is 0. The molecular formula is C17H18. The average molecular weight is 222 g/mol. The van der Waals surface area contributed by atoms with E-state index in [0.717, 1.165) is 0 Å². The Balaban J connectivity index is 2.20. The Morgan fingerprint density at radius 1 is 0.882 bits per heavy atom. The van der Waals surface area contributed by atoms with Gasteiger partial charge in [0.25, 0.3) is 0 Å². The molecule has 0 N–H and O–H groups in total. The summed E-state index contributed by atoms with van der Waals surface area (Å²) in [6.07, 6.45) is 2.32. The van der Waals surface area contributed by atoms with Gasteiger partial charge in [0, 0.05) is 0 Å². The van der Waals surface area contributed by atoms with Crippen molar-refractivity contribution in [2.24, 2.45) is 0 Å². The maximum atomic E-state index is 2.32. The Labute approximate surface area is 104 Å². The van der Waals surface area contributed by atoms with E-state index in [1.54, 1.807) is 0 Å². The highest BCUT2D eigenvalue weighted by Crippen LogP contribution is 2.22. The highest BCUT2D eigenvalue weighted by atomic mass is 14.1. The molecular weight excluding hydrogens is 204 g/mol. The Kier molecular flexibility index (Phi) is 3.77. The second-order valence-corrected chi connectivity index (χ2v) is 4.42. The van der Waals surface area contributed by atoms with Crippen LogP contribution < -0.4 is 0 Å². The first-order chi connectivity index (χ1) is 8.27. The Morgan fingerprint density at radius 2 is 1.41 bits per heavy atom. The van der Waals surface area contributed by atoms with Gasteiger partial charge in [-0.2, -0.15) is 0 Å². The van der Waals surface area contributed by atoms with Gasteiger partial charge in [-0.1, -0.05) is 73.7 Å². The van der Waals surface area contributed by atoms with Crippen molar-refractivity contribution in [2.45, 2.75) is 19.8 Å². The molecule has 2 rings (SSSR count). The van der Waals surface area contributed by atoms with Gasteiger partial charge in [0.2, 0.25) is 0 Å². The molecule has 0 saturated heterocycles. The highest BCUT2D eigenvalue weighted by Gasteiger charge is 2.02. The lowest BCUT2D eigenvalue weighted by atomic mass is 9.96. The molecule has 1 unspecified atom stereocenters. The summed E-state index contributed by atoms with van der Waals surface area (Å²) < 4.78 is 0. The second kappa shape index (κ2) is 5.49. The van der Waals surface area contributed by atoms with E-state index in [-0.39, 0.29) is 0 Å². The Morgan fingerprint density at radius 3 is 2.00 bits per heavy atom. The number of benzene rings is 2. The molecule has 2 aromatic rings. The molecule has 0 heteroatoms. The topological polar surface area (TPSA) is 0 Å². The van der Waals surface area contributed by atoms with Gasteiger partial charge in [-0.05, 0) is 29.5 Å². The molecule has 2 aromatic carbocycles. The Bertz CT molecular complexity index is 480. The molecule has 0 fully saturated rings. The SMILES string of the molecule is C/C(=C/C(C)c1ccccc1)c1ccccc1. The van der Waals surface area contributed by atoms with E-state index in [2.05, 4.69) is 80.6 Å². The summed E-state index contributed by atoms with van der Waals surface area (Å²) in [4.78, 5) is 0. The van der Waals surface area contributed by atoms with Crippen LogP contribution in [0.1, 0.15) is 30.9 Å². The van der Waals surface area contributed by atoms with Crippen molar-refractivity contribution in [3.63, 3.8) is 0 Å². The highest BCUT2D eigenvalue weighted by molar-refractivity contribution is 5.64. The van der Waals surface area contributed by atoms with E-state index in [0.29, 0.717) is 5.92 Å². The van der Waals surface area contributed by atoms with Crippen LogP contribution in [0.3, 0.4) is 0 Å². The van der Waals surface area contributed by atoms with Gasteiger partial charge in [0.05, 0.1) is 0 Å². The maximum absolute atomic E-state index is 2.32. The van der Waals surface area contributed by atoms with Crippen LogP contribution in [0, 0.1) is 0 Å². The summed E-state index contributed by atoms with van der Waals surface area (Å²) in [6, 6.07) is 21.1. The lowest BCUT2D eigenvalue weighted by Crippen LogP contribution is -1.90. The molecule has 0 aliphatic rings. The molecule has 0 aliphatic carbocycles. The number of allylic oxidation sites excluding steroid dienone is 2. The molecule has 0 bridgehead atoms. The van der Waals surface area contributed by atoms with Crippen LogP contribution in [0.5, 0.6) is 0 Å². The zero-order chi connectivity index (χ0) is 12.1. The van der Waals surface area contributed by atoms with E-state index >= 15 is 0 Å². The normalized spacial score (nSPS) is 13.4. The first-order valence-corrected chi connectivity index (χ1v) is 6.06. The zero-order valence-corrected chi connectivity index (χ0v) is 10.4. The van der Waals surface area contributed by atoms with Crippen LogP contribution in [-0.4, -0.2) is 0 Å². The van der Waals surface area contributed by atoms with Crippen molar-refractivity contribution in [3.8, 4) is 0 Å². The predicted octanol–water partition coefficient (Wildman–Crippen LogP) is 4.89. The summed E-state index contributed by atoms with van der Waals surface area (Å²) in [5, 5.41) is 0. The molecule has 0 amide bonds. The van der Waals surface area contributed by atoms with Crippen LogP contribution in [0.4, 0.5) is 0 Å². The third kappa shape index (κ3) is 3.07. The average Bonchev–Trinajstić information content (AvgIpc) is 2.40. The first-order valence-electron chi connectivity index (χ1n) is 6.06. The summed E-state index contributed by atoms with van der Waals surface area (Å²) in [5.41, 5.74) is 4.00. The van der Waals surface area contributed by atoms with Crippen molar-refractivity contribution >= 4 is 5.57 Å². The summed E-state index contributed by atoms with van der Waals surface area (Å²) in [5.74, 6) is 0.455. The van der Waals surface area contributed by atoms with Gasteiger partial charge in [0.15, 0.2) is 0 Å². The summed E-state index contributed by atoms with van der Waals surface area (Å²) in [6.45, 7) is 4.41. The molecule has 17 heavy (non-hydrogen) atoms. The lowest BCUT2D eigenvalue weighted by molar-refractivity contribution is 0.968. The van der Waals surface area contributed by atoms with Gasteiger partial charge >= 0.3 is 0 Å². The monoisotopic (exact) mass is 222 g/mol. The second-order valence-electron chi connectivity index (χ2n) is 4.42. The van der Waals surface area contributed by atoms with Crippen LogP contribution in [0.15, 0.2) is 66.7 Å². The van der Waals surface area contributed by atoms with E-state index in [1.807, 2.05) is 0 Å². The molecule has 0 aromatic heterocycles. The quantitative estimate of drug-likeness (QED) is 0.693. The molecule has 0 heterocycles. The first kappa shape index (κ1) is 11.7. The predicted molar refractivity (Wildman–Crippen MR) is 75.0 cm³/mol. The van der Waals surface area contributed by atoms with Crippen LogP contribution in [-0.2, 0) is 0 Å². The van der Waals surface area contributed by atoms with Crippen molar-refractivity contribution < 1.29 is 0 Å². The van der Waals surface area contributed by atoms with Gasteiger partial charge in [0.1, 0.15) is 0 Å². The van der Waals surface area contributed by atoms with Gasteiger partial charge in [-0.25, -0.2) is 0 Å². The minimum absolute atomic E-state index is 0.455. The van der Waals surface area contributed by atoms with E-state index in [9.17, 15) is 0 Å². The van der Waals surface area contributed by atoms with E-state index < -0.39 is 0 Å². The van der Waals surface area contributed by atoms with E-state index in [4.69, 9.17) is 0 Å². The van der Waals surface area contributed by atoms with Gasteiger partial charge < -0.3 is 0 Å². The summed E-state index contributed by atoms with van der Waals surface area (Å²) in [7, 11) is 0. The fourth-order valence-corrected chi connectivity index (χ4v) is 2.03. The fourth-order valence-electron chi connectivity index (χ4n) is 2.03. The van der Waals surface area contributed by atoms with Crippen molar-refractivity contribution in [1.82, 2.24) is 0 Å². The number of rotatable bonds is 3. The molecule has 0 radical (unpaired) electrons. The van der Waals surface area contributed by atoms with Crippen molar-refractivity contribution in [3.05, 3.63) is 77.9 Å². The zero-order valence-electron chi connectivity index (χ0n) is 10.4. The third-order valence-corrected chi connectivity index (χ3v) is 3.05. The van der Waals surface area contributed by atoms with Crippen molar-refractivity contribution in [2.75, 3.05) is 0 Å². The smallest absolute Gasteiger partial charge is 0.000451 e. The Hall–Kier alpha value is -1.82. The van der Waals surface area contributed by atoms with Gasteiger partial charge in [-0.3, -0.25) is 0 Å². The third-order valence-electron chi connectivity index (χ3n) is 3.05. The minimum Gasteiger partial charge on any atom is -0.0738 e. The largest absolute Gasteiger partial charge is 0.0738 e. The molecule has 0 nitrogen and oxygen atoms in total. The van der Waals surface area contributed by atoms with Crippen molar-refractivity contribution in [1.29, 1.82) is 0 Å². The minimum atomic E-state index is 0.455. The van der Waals surface area contributed by atoms with Crippen LogP contribution >= 0.6 is 0 Å². The van der Waals surface area contributed by atoms with Crippen LogP contribution in [0.25, 0.3) is 5.57 Å². The van der Waals surface area contributed by atoms with E-state index in [1.165, 1.54) is 16.7 Å². The van der Waals surface area contributed by atoms with Gasteiger partial charge in [-0.15, -0.1) is 0 Å². The number of hydrogen-bond acceptors (Lipinski definition) is 0. The standard InChI is InChI=1S/C17H18/c1-14(16-9-5-3-6-10-16)13-15(2)17-11-7-4-8-12-17/h3-14H,1-2H3/b15-13-. The molecule has 0 spiro atoms. The molecule has 0 saturated carbocycles. The molecule has 1 atom stereocenters. The molecule has 86 valence electrons. The maximum Gasteiger partial charge on any atom is -0.000451 e. The molecule has 0 aliphatic heterocycles. The lowest BCUT2D eigenvalue weighted by Gasteiger charge is -2.09. The van der Waals surface area contributed by atoms with Crippen LogP contribution in [0.2, 0.25) is 0 Å².